The minimum atomic E-state index is -3.83. The number of likely N-dealkylation sites (tertiary alicyclic amines) is 1. The quantitative estimate of drug-likeness (QED) is 0.915. The molecule has 0 bridgehead atoms. The number of carbonyl (C=O) groups excluding carboxylic acids is 1. The lowest BCUT2D eigenvalue weighted by Gasteiger charge is -2.21. The van der Waals surface area contributed by atoms with Crippen LogP contribution in [0.5, 0.6) is 0 Å². The molecule has 1 aliphatic heterocycles. The minimum absolute atomic E-state index is 0.0982. The van der Waals surface area contributed by atoms with Gasteiger partial charge in [0.1, 0.15) is 4.90 Å². The van der Waals surface area contributed by atoms with Crippen molar-refractivity contribution in [1.29, 1.82) is 0 Å². The smallest absolute Gasteiger partial charge is 0.243 e. The van der Waals surface area contributed by atoms with Crippen molar-refractivity contribution in [2.75, 3.05) is 13.1 Å². The van der Waals surface area contributed by atoms with Crippen molar-refractivity contribution in [1.82, 2.24) is 14.6 Å². The summed E-state index contributed by atoms with van der Waals surface area (Å²) in [5.74, 6) is -0.180. The summed E-state index contributed by atoms with van der Waals surface area (Å²) in [5.41, 5.74) is 1.37. The van der Waals surface area contributed by atoms with Crippen LogP contribution in [0.4, 0.5) is 0 Å². The monoisotopic (exact) mass is 347 g/mol. The second kappa shape index (κ2) is 6.49. The second-order valence-electron chi connectivity index (χ2n) is 6.22. The first-order valence-corrected chi connectivity index (χ1v) is 9.53. The van der Waals surface area contributed by atoms with E-state index in [1.165, 1.54) is 6.07 Å². The van der Waals surface area contributed by atoms with Gasteiger partial charge in [-0.15, -0.1) is 0 Å². The van der Waals surface area contributed by atoms with Crippen molar-refractivity contribution in [3.63, 3.8) is 0 Å². The number of sulfonamides is 1. The Labute approximate surface area is 141 Å². The number of nitrogens with one attached hydrogen (secondary N) is 1. The summed E-state index contributed by atoms with van der Waals surface area (Å²) in [7, 11) is -3.83. The number of nitrogens with zero attached hydrogens (tertiary/aromatic N) is 2. The molecule has 128 valence electrons. The maximum atomic E-state index is 12.7. The van der Waals surface area contributed by atoms with Gasteiger partial charge in [0.25, 0.3) is 0 Å². The van der Waals surface area contributed by atoms with Crippen molar-refractivity contribution < 1.29 is 13.2 Å². The number of fused-ring (bicyclic) bond motifs is 1. The fraction of sp³-hybridized carbons (Fsp3) is 0.412. The maximum absolute atomic E-state index is 12.7. The van der Waals surface area contributed by atoms with Crippen LogP contribution < -0.4 is 4.72 Å². The van der Waals surface area contributed by atoms with E-state index in [0.717, 1.165) is 23.8 Å². The Morgan fingerprint density at radius 1 is 1.29 bits per heavy atom. The van der Waals surface area contributed by atoms with E-state index < -0.39 is 16.1 Å². The lowest BCUT2D eigenvalue weighted by Crippen LogP contribution is -2.45. The van der Waals surface area contributed by atoms with E-state index in [1.54, 1.807) is 24.1 Å². The fourth-order valence-corrected chi connectivity index (χ4v) is 4.39. The molecule has 1 N–H and O–H groups in total. The number of pyridine rings is 1. The Balaban J connectivity index is 1.89. The summed E-state index contributed by atoms with van der Waals surface area (Å²) in [5, 5.41) is 0.761. The van der Waals surface area contributed by atoms with Gasteiger partial charge in [-0.2, -0.15) is 4.72 Å². The molecule has 1 fully saturated rings. The van der Waals surface area contributed by atoms with Gasteiger partial charge in [0.2, 0.25) is 15.9 Å². The standard InChI is InChI=1S/C17H21N3O3S/c1-12-10-14-6-5-7-15(16(14)18-11-12)24(22,23)19-13(2)17(21)20-8-3-4-9-20/h5-7,10-11,13,19H,3-4,8-9H2,1-2H3. The van der Waals surface area contributed by atoms with Crippen LogP contribution in [0.15, 0.2) is 35.4 Å². The largest absolute Gasteiger partial charge is 0.341 e. The Bertz CT molecular complexity index is 874. The topological polar surface area (TPSA) is 79.4 Å². The molecule has 0 spiro atoms. The molecular weight excluding hydrogens is 326 g/mol. The van der Waals surface area contributed by atoms with E-state index >= 15 is 0 Å². The Hall–Kier alpha value is -1.99. The molecule has 0 saturated carbocycles. The highest BCUT2D eigenvalue weighted by molar-refractivity contribution is 7.89. The average molecular weight is 347 g/mol. The van der Waals surface area contributed by atoms with Gasteiger partial charge in [0.15, 0.2) is 0 Å². The predicted molar refractivity (Wildman–Crippen MR) is 92.1 cm³/mol. The number of amides is 1. The van der Waals surface area contributed by atoms with Gasteiger partial charge in [-0.1, -0.05) is 12.1 Å². The number of para-hydroxylation sites is 1. The highest BCUT2D eigenvalue weighted by Gasteiger charge is 2.28. The molecule has 2 heterocycles. The van der Waals surface area contributed by atoms with Gasteiger partial charge in [-0.05, 0) is 44.4 Å². The lowest BCUT2D eigenvalue weighted by atomic mass is 10.2. The molecule has 7 heteroatoms. The molecule has 1 unspecified atom stereocenters. The molecule has 6 nitrogen and oxygen atoms in total. The minimum Gasteiger partial charge on any atom is -0.341 e. The molecule has 2 aromatic rings. The van der Waals surface area contributed by atoms with Crippen LogP contribution in [0.2, 0.25) is 0 Å². The number of carbonyl (C=O) groups is 1. The van der Waals surface area contributed by atoms with E-state index in [9.17, 15) is 13.2 Å². The normalized spacial score (nSPS) is 16.5. The van der Waals surface area contributed by atoms with E-state index in [2.05, 4.69) is 9.71 Å². The fourth-order valence-electron chi connectivity index (χ4n) is 3.02. The van der Waals surface area contributed by atoms with Crippen molar-refractivity contribution >= 4 is 26.8 Å². The molecule has 1 amide bonds. The van der Waals surface area contributed by atoms with Gasteiger partial charge in [0, 0.05) is 24.7 Å². The molecule has 0 aliphatic carbocycles. The number of hydrogen-bond donors (Lipinski definition) is 1. The van der Waals surface area contributed by atoms with Gasteiger partial charge >= 0.3 is 0 Å². The number of aryl methyl sites for hydroxylation is 1. The number of rotatable bonds is 4. The number of aromatic nitrogens is 1. The van der Waals surface area contributed by atoms with Crippen molar-refractivity contribution in [2.24, 2.45) is 0 Å². The zero-order chi connectivity index (χ0) is 17.3. The van der Waals surface area contributed by atoms with Crippen LogP contribution in [-0.4, -0.2) is 43.3 Å². The highest BCUT2D eigenvalue weighted by atomic mass is 32.2. The van der Waals surface area contributed by atoms with Crippen LogP contribution in [0, 0.1) is 6.92 Å². The molecule has 1 atom stereocenters. The first-order valence-electron chi connectivity index (χ1n) is 8.05. The zero-order valence-corrected chi connectivity index (χ0v) is 14.6. The van der Waals surface area contributed by atoms with Crippen molar-refractivity contribution in [3.8, 4) is 0 Å². The third-order valence-corrected chi connectivity index (χ3v) is 5.79. The molecule has 3 rings (SSSR count). The van der Waals surface area contributed by atoms with Crippen LogP contribution >= 0.6 is 0 Å². The van der Waals surface area contributed by atoms with Gasteiger partial charge in [0.05, 0.1) is 11.6 Å². The average Bonchev–Trinajstić information content (AvgIpc) is 3.07. The first-order chi connectivity index (χ1) is 11.4. The van der Waals surface area contributed by atoms with Crippen LogP contribution in [-0.2, 0) is 14.8 Å². The first kappa shape index (κ1) is 16.9. The SMILES string of the molecule is Cc1cnc2c(S(=O)(=O)NC(C)C(=O)N3CCCC3)cccc2c1. The Morgan fingerprint density at radius 3 is 2.71 bits per heavy atom. The van der Waals surface area contributed by atoms with E-state index in [0.29, 0.717) is 18.6 Å². The van der Waals surface area contributed by atoms with Crippen LogP contribution in [0.1, 0.15) is 25.3 Å². The summed E-state index contributed by atoms with van der Waals surface area (Å²) >= 11 is 0. The molecule has 1 aliphatic rings. The van der Waals surface area contributed by atoms with Crippen LogP contribution in [0.3, 0.4) is 0 Å². The summed E-state index contributed by atoms with van der Waals surface area (Å²) < 4.78 is 28.0. The predicted octanol–water partition coefficient (Wildman–Crippen LogP) is 1.83. The molecule has 0 radical (unpaired) electrons. The lowest BCUT2D eigenvalue weighted by molar-refractivity contribution is -0.131. The van der Waals surface area contributed by atoms with Gasteiger partial charge < -0.3 is 4.90 Å². The number of hydrogen-bond acceptors (Lipinski definition) is 4. The van der Waals surface area contributed by atoms with E-state index in [1.807, 2.05) is 19.1 Å². The van der Waals surface area contributed by atoms with E-state index in [4.69, 9.17) is 0 Å². The molecule has 24 heavy (non-hydrogen) atoms. The zero-order valence-electron chi connectivity index (χ0n) is 13.8. The molecule has 1 saturated heterocycles. The third-order valence-electron chi connectivity index (χ3n) is 4.22. The second-order valence-corrected chi connectivity index (χ2v) is 7.90. The Morgan fingerprint density at radius 2 is 2.00 bits per heavy atom. The molecule has 1 aromatic carbocycles. The molecular formula is C17H21N3O3S. The van der Waals surface area contributed by atoms with Gasteiger partial charge in [-0.3, -0.25) is 9.78 Å². The highest BCUT2D eigenvalue weighted by Crippen LogP contribution is 2.22. The maximum Gasteiger partial charge on any atom is 0.243 e. The number of benzene rings is 1. The summed E-state index contributed by atoms with van der Waals surface area (Å²) in [6, 6.07) is 6.12. The van der Waals surface area contributed by atoms with E-state index in [-0.39, 0.29) is 10.8 Å². The van der Waals surface area contributed by atoms with Crippen molar-refractivity contribution in [3.05, 3.63) is 36.0 Å². The van der Waals surface area contributed by atoms with Gasteiger partial charge in [-0.25, -0.2) is 8.42 Å². The van der Waals surface area contributed by atoms with Crippen molar-refractivity contribution in [2.45, 2.75) is 37.6 Å². The van der Waals surface area contributed by atoms with Crippen LogP contribution in [0.25, 0.3) is 10.9 Å². The molecule has 1 aromatic heterocycles. The summed E-state index contributed by atoms with van der Waals surface area (Å²) in [6.45, 7) is 4.88. The summed E-state index contributed by atoms with van der Waals surface area (Å²) in [4.78, 5) is 18.4. The summed E-state index contributed by atoms with van der Waals surface area (Å²) in [6.07, 6.45) is 3.58. The third kappa shape index (κ3) is 3.27. The Kier molecular flexibility index (Phi) is 4.56.